The largest absolute Gasteiger partial charge is 0.445 e. The second kappa shape index (κ2) is 4.98. The first-order valence-electron chi connectivity index (χ1n) is 6.52. The van der Waals surface area contributed by atoms with Crippen LogP contribution in [0.25, 0.3) is 0 Å². The zero-order valence-electron chi connectivity index (χ0n) is 10.3. The highest BCUT2D eigenvalue weighted by Crippen LogP contribution is 2.25. The van der Waals surface area contributed by atoms with Crippen molar-refractivity contribution in [1.29, 1.82) is 0 Å². The van der Waals surface area contributed by atoms with Crippen molar-refractivity contribution in [2.75, 3.05) is 19.6 Å². The lowest BCUT2D eigenvalue weighted by molar-refractivity contribution is 0.102. The van der Waals surface area contributed by atoms with Gasteiger partial charge in [0, 0.05) is 19.1 Å². The van der Waals surface area contributed by atoms with Crippen LogP contribution in [-0.2, 0) is 11.3 Å². The minimum absolute atomic E-state index is 0.185. The first kappa shape index (κ1) is 11.5. The van der Waals surface area contributed by atoms with Crippen molar-refractivity contribution < 1.29 is 9.53 Å². The summed E-state index contributed by atoms with van der Waals surface area (Å²) in [7, 11) is 0. The summed E-state index contributed by atoms with van der Waals surface area (Å²) in [5, 5.41) is 3.43. The Morgan fingerprint density at radius 2 is 2.17 bits per heavy atom. The third-order valence-corrected chi connectivity index (χ3v) is 3.83. The SMILES string of the molecule is O=C(OCc1ccccc1)N1CC2CCNC2C1. The number of benzene rings is 1. The molecule has 2 aliphatic heterocycles. The fraction of sp³-hybridized carbons (Fsp3) is 0.500. The standard InChI is InChI=1S/C14H18N2O2/c17-14(18-10-11-4-2-1-3-5-11)16-8-12-6-7-15-13(12)9-16/h1-5,12-13,15H,6-10H2. The summed E-state index contributed by atoms with van der Waals surface area (Å²) in [6.45, 7) is 3.07. The van der Waals surface area contributed by atoms with Crippen molar-refractivity contribution in [3.05, 3.63) is 35.9 Å². The fourth-order valence-electron chi connectivity index (χ4n) is 2.81. The molecule has 0 bridgehead atoms. The van der Waals surface area contributed by atoms with E-state index >= 15 is 0 Å². The number of nitrogens with zero attached hydrogens (tertiary/aromatic N) is 1. The van der Waals surface area contributed by atoms with Gasteiger partial charge in [0.05, 0.1) is 0 Å². The number of carbonyl (C=O) groups excluding carboxylic acids is 1. The highest BCUT2D eigenvalue weighted by Gasteiger charge is 2.38. The maximum absolute atomic E-state index is 11.9. The van der Waals surface area contributed by atoms with Gasteiger partial charge >= 0.3 is 6.09 Å². The van der Waals surface area contributed by atoms with Gasteiger partial charge in [-0.3, -0.25) is 0 Å². The van der Waals surface area contributed by atoms with Crippen LogP contribution < -0.4 is 5.32 Å². The number of amides is 1. The fourth-order valence-corrected chi connectivity index (χ4v) is 2.81. The molecule has 2 saturated heterocycles. The highest BCUT2D eigenvalue weighted by molar-refractivity contribution is 5.68. The van der Waals surface area contributed by atoms with Crippen LogP contribution in [0.4, 0.5) is 4.79 Å². The van der Waals surface area contributed by atoms with Gasteiger partial charge in [-0.1, -0.05) is 30.3 Å². The number of hydrogen-bond acceptors (Lipinski definition) is 3. The van der Waals surface area contributed by atoms with E-state index in [-0.39, 0.29) is 6.09 Å². The van der Waals surface area contributed by atoms with Crippen LogP contribution in [0.15, 0.2) is 30.3 Å². The minimum atomic E-state index is -0.185. The molecule has 2 unspecified atom stereocenters. The smallest absolute Gasteiger partial charge is 0.410 e. The molecule has 1 N–H and O–H groups in total. The number of carbonyl (C=O) groups is 1. The second-order valence-electron chi connectivity index (χ2n) is 5.05. The van der Waals surface area contributed by atoms with E-state index in [1.54, 1.807) is 0 Å². The second-order valence-corrected chi connectivity index (χ2v) is 5.05. The maximum atomic E-state index is 11.9. The van der Waals surface area contributed by atoms with E-state index < -0.39 is 0 Å². The van der Waals surface area contributed by atoms with Gasteiger partial charge < -0.3 is 15.0 Å². The molecule has 0 radical (unpaired) electrons. The summed E-state index contributed by atoms with van der Waals surface area (Å²) in [5.74, 6) is 0.620. The van der Waals surface area contributed by atoms with Crippen LogP contribution in [0.1, 0.15) is 12.0 Å². The van der Waals surface area contributed by atoms with E-state index in [9.17, 15) is 4.79 Å². The Hall–Kier alpha value is -1.55. The number of nitrogens with one attached hydrogen (secondary N) is 1. The van der Waals surface area contributed by atoms with E-state index in [0.29, 0.717) is 18.6 Å². The first-order chi connectivity index (χ1) is 8.83. The summed E-state index contributed by atoms with van der Waals surface area (Å²) in [4.78, 5) is 13.7. The molecule has 0 aromatic heterocycles. The molecular weight excluding hydrogens is 228 g/mol. The zero-order chi connectivity index (χ0) is 12.4. The van der Waals surface area contributed by atoms with Gasteiger partial charge in [0.25, 0.3) is 0 Å². The minimum Gasteiger partial charge on any atom is -0.445 e. The molecular formula is C14H18N2O2. The number of likely N-dealkylation sites (tertiary alicyclic amines) is 1. The predicted octanol–water partition coefficient (Wildman–Crippen LogP) is 1.62. The molecule has 0 aliphatic carbocycles. The highest BCUT2D eigenvalue weighted by atomic mass is 16.6. The van der Waals surface area contributed by atoms with Gasteiger partial charge in [0.1, 0.15) is 6.61 Å². The molecule has 96 valence electrons. The Morgan fingerprint density at radius 1 is 1.33 bits per heavy atom. The molecule has 0 spiro atoms. The van der Waals surface area contributed by atoms with Crippen molar-refractivity contribution in [1.82, 2.24) is 10.2 Å². The van der Waals surface area contributed by atoms with Crippen LogP contribution in [-0.4, -0.2) is 36.7 Å². The van der Waals surface area contributed by atoms with Crippen LogP contribution >= 0.6 is 0 Å². The van der Waals surface area contributed by atoms with E-state index in [2.05, 4.69) is 5.32 Å². The quantitative estimate of drug-likeness (QED) is 0.862. The Labute approximate surface area is 107 Å². The lowest BCUT2D eigenvalue weighted by Crippen LogP contribution is -2.34. The van der Waals surface area contributed by atoms with E-state index in [1.165, 1.54) is 6.42 Å². The topological polar surface area (TPSA) is 41.6 Å². The van der Waals surface area contributed by atoms with Crippen LogP contribution in [0.2, 0.25) is 0 Å². The molecule has 4 nitrogen and oxygen atoms in total. The monoisotopic (exact) mass is 246 g/mol. The average molecular weight is 246 g/mol. The number of ether oxygens (including phenoxy) is 1. The number of fused-ring (bicyclic) bond motifs is 1. The lowest BCUT2D eigenvalue weighted by Gasteiger charge is -2.17. The van der Waals surface area contributed by atoms with E-state index in [4.69, 9.17) is 4.74 Å². The van der Waals surface area contributed by atoms with Gasteiger partial charge in [-0.25, -0.2) is 4.79 Å². The summed E-state index contributed by atoms with van der Waals surface area (Å²) in [6, 6.07) is 10.3. The Balaban J connectivity index is 1.50. The van der Waals surface area contributed by atoms with Crippen LogP contribution in [0.3, 0.4) is 0 Å². The summed E-state index contributed by atoms with van der Waals surface area (Å²) >= 11 is 0. The molecule has 1 amide bonds. The molecule has 3 rings (SSSR count). The molecule has 4 heteroatoms. The van der Waals surface area contributed by atoms with Crippen molar-refractivity contribution in [2.24, 2.45) is 5.92 Å². The first-order valence-corrected chi connectivity index (χ1v) is 6.52. The van der Waals surface area contributed by atoms with Gasteiger partial charge in [-0.2, -0.15) is 0 Å². The predicted molar refractivity (Wildman–Crippen MR) is 68.1 cm³/mol. The van der Waals surface area contributed by atoms with Crippen LogP contribution in [0.5, 0.6) is 0 Å². The van der Waals surface area contributed by atoms with Crippen molar-refractivity contribution in [3.8, 4) is 0 Å². The molecule has 1 aromatic rings. The summed E-state index contributed by atoms with van der Waals surface area (Å²) in [5.41, 5.74) is 1.03. The van der Waals surface area contributed by atoms with Gasteiger partial charge in [0.2, 0.25) is 0 Å². The van der Waals surface area contributed by atoms with Gasteiger partial charge in [-0.15, -0.1) is 0 Å². The summed E-state index contributed by atoms with van der Waals surface area (Å²) in [6.07, 6.45) is 0.989. The van der Waals surface area contributed by atoms with Gasteiger partial charge in [-0.05, 0) is 24.4 Å². The average Bonchev–Trinajstić information content (AvgIpc) is 2.98. The molecule has 1 aromatic carbocycles. The third-order valence-electron chi connectivity index (χ3n) is 3.83. The Kier molecular flexibility index (Phi) is 3.19. The molecule has 0 saturated carbocycles. The van der Waals surface area contributed by atoms with Crippen molar-refractivity contribution >= 4 is 6.09 Å². The Bertz CT molecular complexity index is 409. The van der Waals surface area contributed by atoms with Crippen LogP contribution in [0, 0.1) is 5.92 Å². The third kappa shape index (κ3) is 2.34. The summed E-state index contributed by atoms with van der Waals surface area (Å²) < 4.78 is 5.34. The molecule has 18 heavy (non-hydrogen) atoms. The zero-order valence-corrected chi connectivity index (χ0v) is 10.3. The van der Waals surface area contributed by atoms with E-state index in [0.717, 1.165) is 25.2 Å². The normalized spacial score (nSPS) is 26.1. The van der Waals surface area contributed by atoms with Crippen molar-refractivity contribution in [3.63, 3.8) is 0 Å². The lowest BCUT2D eigenvalue weighted by atomic mass is 10.1. The number of hydrogen-bond donors (Lipinski definition) is 1. The van der Waals surface area contributed by atoms with Gasteiger partial charge in [0.15, 0.2) is 0 Å². The molecule has 2 heterocycles. The van der Waals surface area contributed by atoms with Crippen molar-refractivity contribution in [2.45, 2.75) is 19.1 Å². The molecule has 2 aliphatic rings. The Morgan fingerprint density at radius 3 is 2.94 bits per heavy atom. The molecule has 2 fully saturated rings. The maximum Gasteiger partial charge on any atom is 0.410 e. The van der Waals surface area contributed by atoms with E-state index in [1.807, 2.05) is 35.2 Å². The molecule has 2 atom stereocenters. The number of rotatable bonds is 2.